The second kappa shape index (κ2) is 9.01. The predicted octanol–water partition coefficient (Wildman–Crippen LogP) is 4.18. The van der Waals surface area contributed by atoms with E-state index in [1.54, 1.807) is 0 Å². The summed E-state index contributed by atoms with van der Waals surface area (Å²) >= 11 is 0. The molecule has 5 heteroatoms. The zero-order chi connectivity index (χ0) is 17.5. The molecule has 1 aromatic rings. The molecule has 0 aliphatic rings. The Labute approximate surface area is 141 Å². The van der Waals surface area contributed by atoms with Crippen LogP contribution in [0.2, 0.25) is 19.6 Å². The molecule has 0 fully saturated rings. The van der Waals surface area contributed by atoms with Crippen LogP contribution in [0.5, 0.6) is 0 Å². The van der Waals surface area contributed by atoms with Crippen molar-refractivity contribution in [3.05, 3.63) is 48.0 Å². The van der Waals surface area contributed by atoms with Gasteiger partial charge in [-0.05, 0) is 31.6 Å². The van der Waals surface area contributed by atoms with Crippen molar-refractivity contribution in [2.45, 2.75) is 39.0 Å². The summed E-state index contributed by atoms with van der Waals surface area (Å²) < 4.78 is 11.2. The van der Waals surface area contributed by atoms with E-state index in [0.29, 0.717) is 0 Å². The fourth-order valence-corrected chi connectivity index (χ4v) is 3.49. The molecule has 2 unspecified atom stereocenters. The van der Waals surface area contributed by atoms with Crippen molar-refractivity contribution in [2.75, 3.05) is 14.2 Å². The number of benzene rings is 1. The summed E-state index contributed by atoms with van der Waals surface area (Å²) in [6, 6.07) is 9.73. The lowest BCUT2D eigenvalue weighted by Crippen LogP contribution is -2.41. The Morgan fingerprint density at radius 2 is 1.87 bits per heavy atom. The molecule has 4 nitrogen and oxygen atoms in total. The number of nitrogens with zero attached hydrogens (tertiary/aromatic N) is 1. The Bertz CT molecular complexity index is 511. The first kappa shape index (κ1) is 19.6. The van der Waals surface area contributed by atoms with Gasteiger partial charge in [0.05, 0.1) is 19.1 Å². The number of allylic oxidation sites excluding steroid dienone is 1. The maximum atomic E-state index is 12.4. The molecule has 0 radical (unpaired) electrons. The number of hydrogen-bond donors (Lipinski definition) is 0. The standard InChI is InChI=1S/C18H29NO3Si/c1-7-8-14-16(18(20)21-3)17(15-12-10-9-11-13-15)19(2)22-23(4,5)6/h8-14,16-17H,7H2,1-6H3/b14-8+. The third-order valence-corrected chi connectivity index (χ3v) is 4.18. The Kier molecular flexibility index (Phi) is 7.68. The number of hydrogen-bond acceptors (Lipinski definition) is 4. The molecular formula is C18H29NO3Si. The van der Waals surface area contributed by atoms with Crippen LogP contribution in [-0.4, -0.2) is 33.5 Å². The highest BCUT2D eigenvalue weighted by Crippen LogP contribution is 2.31. The van der Waals surface area contributed by atoms with Gasteiger partial charge in [0.15, 0.2) is 0 Å². The van der Waals surface area contributed by atoms with Crippen LogP contribution in [0, 0.1) is 5.92 Å². The van der Waals surface area contributed by atoms with Crippen molar-refractivity contribution in [2.24, 2.45) is 5.92 Å². The van der Waals surface area contributed by atoms with Crippen LogP contribution < -0.4 is 0 Å². The molecule has 0 bridgehead atoms. The largest absolute Gasteiger partial charge is 0.469 e. The molecule has 0 heterocycles. The van der Waals surface area contributed by atoms with E-state index in [1.807, 2.05) is 61.5 Å². The van der Waals surface area contributed by atoms with E-state index in [4.69, 9.17) is 9.26 Å². The lowest BCUT2D eigenvalue weighted by Gasteiger charge is -2.35. The second-order valence-corrected chi connectivity index (χ2v) is 10.9. The average molecular weight is 336 g/mol. The quantitative estimate of drug-likeness (QED) is 0.309. The highest BCUT2D eigenvalue weighted by molar-refractivity contribution is 6.69. The Morgan fingerprint density at radius 1 is 1.26 bits per heavy atom. The van der Waals surface area contributed by atoms with Gasteiger partial charge in [-0.2, -0.15) is 5.06 Å². The van der Waals surface area contributed by atoms with Crippen LogP contribution in [0.15, 0.2) is 42.5 Å². The van der Waals surface area contributed by atoms with Crippen LogP contribution >= 0.6 is 0 Å². The summed E-state index contributed by atoms with van der Waals surface area (Å²) in [6.07, 6.45) is 4.79. The topological polar surface area (TPSA) is 38.8 Å². The number of rotatable bonds is 8. The number of esters is 1. The first-order valence-corrected chi connectivity index (χ1v) is 11.4. The van der Waals surface area contributed by atoms with Crippen molar-refractivity contribution in [1.82, 2.24) is 5.06 Å². The van der Waals surface area contributed by atoms with Gasteiger partial charge in [0, 0.05) is 7.05 Å². The number of ether oxygens (including phenoxy) is 1. The average Bonchev–Trinajstić information content (AvgIpc) is 2.49. The first-order valence-electron chi connectivity index (χ1n) is 8.01. The lowest BCUT2D eigenvalue weighted by atomic mass is 9.92. The number of carbonyl (C=O) groups excluding carboxylic acids is 1. The first-order chi connectivity index (χ1) is 10.8. The van der Waals surface area contributed by atoms with E-state index in [1.165, 1.54) is 7.11 Å². The fraction of sp³-hybridized carbons (Fsp3) is 0.500. The van der Waals surface area contributed by atoms with Crippen LogP contribution in [0.4, 0.5) is 0 Å². The van der Waals surface area contributed by atoms with Gasteiger partial charge in [0.2, 0.25) is 8.32 Å². The van der Waals surface area contributed by atoms with E-state index < -0.39 is 14.2 Å². The van der Waals surface area contributed by atoms with Crippen LogP contribution in [0.1, 0.15) is 24.9 Å². The van der Waals surface area contributed by atoms with Gasteiger partial charge < -0.3 is 9.26 Å². The van der Waals surface area contributed by atoms with Gasteiger partial charge in [-0.25, -0.2) is 0 Å². The minimum Gasteiger partial charge on any atom is -0.469 e. The summed E-state index contributed by atoms with van der Waals surface area (Å²) in [7, 11) is 1.53. The minimum atomic E-state index is -1.79. The number of carbonyl (C=O) groups is 1. The maximum Gasteiger partial charge on any atom is 0.314 e. The summed E-state index contributed by atoms with van der Waals surface area (Å²) in [5.41, 5.74) is 1.03. The van der Waals surface area contributed by atoms with Gasteiger partial charge >= 0.3 is 5.97 Å². The van der Waals surface area contributed by atoms with Crippen LogP contribution in [-0.2, 0) is 14.1 Å². The molecule has 0 aromatic heterocycles. The number of methoxy groups -OCH3 is 1. The van der Waals surface area contributed by atoms with E-state index in [0.717, 1.165) is 12.0 Å². The molecule has 0 aliphatic carbocycles. The third-order valence-electron chi connectivity index (χ3n) is 3.34. The van der Waals surface area contributed by atoms with Crippen molar-refractivity contribution in [1.29, 1.82) is 0 Å². The zero-order valence-electron chi connectivity index (χ0n) is 15.1. The van der Waals surface area contributed by atoms with Gasteiger partial charge in [0.1, 0.15) is 0 Å². The predicted molar refractivity (Wildman–Crippen MR) is 96.3 cm³/mol. The molecule has 1 rings (SSSR count). The molecule has 0 spiro atoms. The van der Waals surface area contributed by atoms with E-state index in [2.05, 4.69) is 19.6 Å². The second-order valence-electron chi connectivity index (χ2n) is 6.49. The normalized spacial score (nSPS) is 14.9. The van der Waals surface area contributed by atoms with Crippen molar-refractivity contribution < 1.29 is 14.1 Å². The highest BCUT2D eigenvalue weighted by atomic mass is 28.4. The van der Waals surface area contributed by atoms with Gasteiger partial charge in [0.25, 0.3) is 0 Å². The smallest absolute Gasteiger partial charge is 0.314 e. The third kappa shape index (κ3) is 6.29. The van der Waals surface area contributed by atoms with E-state index in [-0.39, 0.29) is 12.0 Å². The SMILES string of the molecule is CC/C=C/C(C(=O)OC)C(c1ccccc1)N(C)O[Si](C)(C)C. The summed E-state index contributed by atoms with van der Waals surface area (Å²) in [5.74, 6) is -0.668. The molecule has 0 amide bonds. The lowest BCUT2D eigenvalue weighted by molar-refractivity contribution is -0.154. The minimum absolute atomic E-state index is 0.224. The van der Waals surface area contributed by atoms with E-state index >= 15 is 0 Å². The van der Waals surface area contributed by atoms with Gasteiger partial charge in [-0.1, -0.05) is 49.4 Å². The number of hydroxylamine groups is 2. The molecule has 0 saturated carbocycles. The molecule has 23 heavy (non-hydrogen) atoms. The molecule has 2 atom stereocenters. The molecule has 0 saturated heterocycles. The van der Waals surface area contributed by atoms with Gasteiger partial charge in [-0.3, -0.25) is 4.79 Å². The van der Waals surface area contributed by atoms with Crippen LogP contribution in [0.3, 0.4) is 0 Å². The zero-order valence-corrected chi connectivity index (χ0v) is 16.1. The molecule has 128 valence electrons. The van der Waals surface area contributed by atoms with Crippen molar-refractivity contribution in [3.63, 3.8) is 0 Å². The summed E-state index contributed by atoms with van der Waals surface area (Å²) in [5, 5.41) is 1.82. The Hall–Kier alpha value is -1.43. The monoisotopic (exact) mass is 335 g/mol. The molecule has 0 aliphatic heterocycles. The Morgan fingerprint density at radius 3 is 2.35 bits per heavy atom. The summed E-state index contributed by atoms with van der Waals surface area (Å²) in [4.78, 5) is 12.4. The molecule has 0 N–H and O–H groups in total. The van der Waals surface area contributed by atoms with Crippen LogP contribution in [0.25, 0.3) is 0 Å². The van der Waals surface area contributed by atoms with Gasteiger partial charge in [-0.15, -0.1) is 0 Å². The van der Waals surface area contributed by atoms with E-state index in [9.17, 15) is 4.79 Å². The summed E-state index contributed by atoms with van der Waals surface area (Å²) in [6.45, 7) is 8.42. The fourth-order valence-electron chi connectivity index (χ4n) is 2.51. The van der Waals surface area contributed by atoms with Crippen molar-refractivity contribution >= 4 is 14.3 Å². The molecule has 1 aromatic carbocycles. The highest BCUT2D eigenvalue weighted by Gasteiger charge is 2.34. The molecular weight excluding hydrogens is 306 g/mol. The Balaban J connectivity index is 3.24. The maximum absolute atomic E-state index is 12.4. The van der Waals surface area contributed by atoms with Crippen molar-refractivity contribution in [3.8, 4) is 0 Å².